The maximum Gasteiger partial charge on any atom is 0.168 e. The highest BCUT2D eigenvalue weighted by Crippen LogP contribution is 2.31. The molecule has 0 N–H and O–H groups in total. The maximum absolute atomic E-state index is 11.7. The van der Waals surface area contributed by atoms with Gasteiger partial charge < -0.3 is 9.64 Å². The minimum atomic E-state index is -0.549. The summed E-state index contributed by atoms with van der Waals surface area (Å²) in [5.74, 6) is 0. The van der Waals surface area contributed by atoms with Crippen LogP contribution in [0.15, 0.2) is 72.8 Å². The van der Waals surface area contributed by atoms with Gasteiger partial charge in [0.2, 0.25) is 0 Å². The van der Waals surface area contributed by atoms with Crippen LogP contribution >= 0.6 is 11.6 Å². The number of hydrogen-bond acceptors (Lipinski definition) is 4. The van der Waals surface area contributed by atoms with Gasteiger partial charge in [0.1, 0.15) is 0 Å². The van der Waals surface area contributed by atoms with Crippen LogP contribution in [0.2, 0.25) is 5.02 Å². The second-order valence-electron chi connectivity index (χ2n) is 8.23. The van der Waals surface area contributed by atoms with Crippen molar-refractivity contribution in [2.45, 2.75) is 25.4 Å². The zero-order valence-corrected chi connectivity index (χ0v) is 18.6. The number of carbonyl (C=O) groups excluding carboxylic acids is 1. The van der Waals surface area contributed by atoms with Crippen molar-refractivity contribution in [1.29, 1.82) is 0 Å². The number of ether oxygens (including phenoxy) is 1. The summed E-state index contributed by atoms with van der Waals surface area (Å²) < 4.78 is 6.02. The van der Waals surface area contributed by atoms with Gasteiger partial charge in [-0.25, -0.2) is 0 Å². The largest absolute Gasteiger partial charge is 0.347 e. The topological polar surface area (TPSA) is 32.8 Å². The normalized spacial score (nSPS) is 19.1. The maximum atomic E-state index is 11.7. The van der Waals surface area contributed by atoms with Crippen molar-refractivity contribution in [3.05, 3.63) is 94.5 Å². The van der Waals surface area contributed by atoms with E-state index in [4.69, 9.17) is 16.3 Å². The molecule has 0 radical (unpaired) electrons. The standard InChI is InChI=1S/C26H27ClN2O2/c1-28(2)16-22-14-19(8-13-24(22)20-6-4-3-5-7-20)15-29-17-25(31-26(29)18-30)21-9-11-23(27)12-10-21/h3-14,18,25-26H,15-17H2,1-2H3/t25-,26?/m0/s1. The zero-order valence-electron chi connectivity index (χ0n) is 17.9. The average molecular weight is 435 g/mol. The highest BCUT2D eigenvalue weighted by atomic mass is 35.5. The van der Waals surface area contributed by atoms with Crippen LogP contribution in [0.4, 0.5) is 0 Å². The van der Waals surface area contributed by atoms with E-state index >= 15 is 0 Å². The molecule has 5 heteroatoms. The molecule has 0 bridgehead atoms. The molecule has 4 nitrogen and oxygen atoms in total. The van der Waals surface area contributed by atoms with E-state index in [2.05, 4.69) is 66.4 Å². The molecule has 1 heterocycles. The lowest BCUT2D eigenvalue weighted by Crippen LogP contribution is -2.30. The summed E-state index contributed by atoms with van der Waals surface area (Å²) in [5.41, 5.74) is 5.92. The van der Waals surface area contributed by atoms with Gasteiger partial charge in [-0.05, 0) is 54.0 Å². The van der Waals surface area contributed by atoms with Crippen LogP contribution in [0.1, 0.15) is 22.8 Å². The highest BCUT2D eigenvalue weighted by molar-refractivity contribution is 6.30. The van der Waals surface area contributed by atoms with Crippen LogP contribution in [0.3, 0.4) is 0 Å². The molecular weight excluding hydrogens is 408 g/mol. The fourth-order valence-corrected chi connectivity index (χ4v) is 4.23. The van der Waals surface area contributed by atoms with Crippen molar-refractivity contribution < 1.29 is 9.53 Å². The molecule has 0 saturated carbocycles. The second kappa shape index (κ2) is 9.75. The van der Waals surface area contributed by atoms with Crippen LogP contribution in [0, 0.1) is 0 Å². The van der Waals surface area contributed by atoms with E-state index in [-0.39, 0.29) is 6.10 Å². The summed E-state index contributed by atoms with van der Waals surface area (Å²) in [6.07, 6.45) is 0.193. The Balaban J connectivity index is 1.56. The minimum Gasteiger partial charge on any atom is -0.347 e. The quantitative estimate of drug-likeness (QED) is 0.480. The monoisotopic (exact) mass is 434 g/mol. The first-order valence-electron chi connectivity index (χ1n) is 10.5. The van der Waals surface area contributed by atoms with Crippen molar-refractivity contribution >= 4 is 17.9 Å². The predicted molar refractivity (Wildman–Crippen MR) is 125 cm³/mol. The molecule has 3 aromatic carbocycles. The SMILES string of the molecule is CN(C)Cc1cc(CN2C[C@@H](c3ccc(Cl)cc3)OC2C=O)ccc1-c1ccccc1. The van der Waals surface area contributed by atoms with Gasteiger partial charge in [-0.3, -0.25) is 9.69 Å². The number of hydrogen-bond donors (Lipinski definition) is 0. The molecule has 2 atom stereocenters. The molecule has 0 spiro atoms. The Bertz CT molecular complexity index is 1020. The lowest BCUT2D eigenvalue weighted by atomic mass is 9.97. The number of halogens is 1. The van der Waals surface area contributed by atoms with Crippen molar-refractivity contribution in [3.63, 3.8) is 0 Å². The molecule has 1 unspecified atom stereocenters. The van der Waals surface area contributed by atoms with E-state index in [0.717, 1.165) is 18.4 Å². The Labute approximate surface area is 189 Å². The Kier molecular flexibility index (Phi) is 6.83. The van der Waals surface area contributed by atoms with E-state index in [9.17, 15) is 4.79 Å². The van der Waals surface area contributed by atoms with Gasteiger partial charge in [0, 0.05) is 24.7 Å². The number of aldehydes is 1. The number of rotatable bonds is 7. The van der Waals surface area contributed by atoms with Crippen molar-refractivity contribution in [3.8, 4) is 11.1 Å². The van der Waals surface area contributed by atoms with Crippen molar-refractivity contribution in [2.75, 3.05) is 20.6 Å². The molecular formula is C26H27ClN2O2. The molecule has 0 aliphatic carbocycles. The molecule has 3 aromatic rings. The van der Waals surface area contributed by atoms with Crippen LogP contribution in [-0.4, -0.2) is 43.0 Å². The number of nitrogens with zero attached hydrogens (tertiary/aromatic N) is 2. The summed E-state index contributed by atoms with van der Waals surface area (Å²) in [6.45, 7) is 2.16. The van der Waals surface area contributed by atoms with Gasteiger partial charge in [-0.1, -0.05) is 72.3 Å². The van der Waals surface area contributed by atoms with Crippen LogP contribution < -0.4 is 0 Å². The van der Waals surface area contributed by atoms with Gasteiger partial charge in [0.15, 0.2) is 12.5 Å². The summed E-state index contributed by atoms with van der Waals surface area (Å²) in [4.78, 5) is 16.0. The molecule has 0 amide bonds. The minimum absolute atomic E-state index is 0.141. The van der Waals surface area contributed by atoms with E-state index in [1.165, 1.54) is 22.3 Å². The lowest BCUT2D eigenvalue weighted by Gasteiger charge is -2.20. The molecule has 0 aromatic heterocycles. The third-order valence-electron chi connectivity index (χ3n) is 5.55. The first-order valence-corrected chi connectivity index (χ1v) is 10.8. The van der Waals surface area contributed by atoms with E-state index in [1.54, 1.807) is 0 Å². The van der Waals surface area contributed by atoms with Gasteiger partial charge in [-0.15, -0.1) is 0 Å². The van der Waals surface area contributed by atoms with Crippen LogP contribution in [0.5, 0.6) is 0 Å². The zero-order chi connectivity index (χ0) is 21.8. The fraction of sp³-hybridized carbons (Fsp3) is 0.269. The molecule has 1 aliphatic heterocycles. The van der Waals surface area contributed by atoms with Crippen LogP contribution in [0.25, 0.3) is 11.1 Å². The predicted octanol–water partition coefficient (Wildman–Crippen LogP) is 5.17. The molecule has 160 valence electrons. The number of carbonyl (C=O) groups is 1. The van der Waals surface area contributed by atoms with Crippen molar-refractivity contribution in [1.82, 2.24) is 9.80 Å². The van der Waals surface area contributed by atoms with E-state index in [0.29, 0.717) is 18.1 Å². The van der Waals surface area contributed by atoms with Gasteiger partial charge in [-0.2, -0.15) is 0 Å². The third kappa shape index (κ3) is 5.23. The van der Waals surface area contributed by atoms with E-state index < -0.39 is 6.23 Å². The molecule has 4 rings (SSSR count). The first kappa shape index (κ1) is 21.7. The van der Waals surface area contributed by atoms with Gasteiger partial charge in [0.05, 0.1) is 6.10 Å². The summed E-state index contributed by atoms with van der Waals surface area (Å²) >= 11 is 6.01. The van der Waals surface area contributed by atoms with Gasteiger partial charge in [0.25, 0.3) is 0 Å². The molecule has 1 aliphatic rings. The smallest absolute Gasteiger partial charge is 0.168 e. The summed E-state index contributed by atoms with van der Waals surface area (Å²) in [5, 5.41) is 0.692. The second-order valence-corrected chi connectivity index (χ2v) is 8.66. The van der Waals surface area contributed by atoms with E-state index in [1.807, 2.05) is 30.3 Å². The average Bonchev–Trinajstić information content (AvgIpc) is 3.17. The Morgan fingerprint density at radius 1 is 1.06 bits per heavy atom. The molecule has 31 heavy (non-hydrogen) atoms. The summed E-state index contributed by atoms with van der Waals surface area (Å²) in [6, 6.07) is 24.7. The highest BCUT2D eigenvalue weighted by Gasteiger charge is 2.33. The lowest BCUT2D eigenvalue weighted by molar-refractivity contribution is -0.123. The Morgan fingerprint density at radius 3 is 2.48 bits per heavy atom. The van der Waals surface area contributed by atoms with Crippen molar-refractivity contribution in [2.24, 2.45) is 0 Å². The van der Waals surface area contributed by atoms with Crippen LogP contribution in [-0.2, 0) is 22.6 Å². The first-order chi connectivity index (χ1) is 15.0. The van der Waals surface area contributed by atoms with Gasteiger partial charge >= 0.3 is 0 Å². The summed E-state index contributed by atoms with van der Waals surface area (Å²) in [7, 11) is 4.16. The fourth-order valence-electron chi connectivity index (χ4n) is 4.10. The number of benzene rings is 3. The Morgan fingerprint density at radius 2 is 1.81 bits per heavy atom. The Hall–Kier alpha value is -2.50. The molecule has 1 saturated heterocycles. The third-order valence-corrected chi connectivity index (χ3v) is 5.80. The molecule has 1 fully saturated rings.